The zero-order chi connectivity index (χ0) is 11.4. The van der Waals surface area contributed by atoms with Crippen LogP contribution in [0.15, 0.2) is 0 Å². The largest absolute Gasteiger partial charge is 0.348 e. The van der Waals surface area contributed by atoms with Crippen LogP contribution in [0.3, 0.4) is 0 Å². The van der Waals surface area contributed by atoms with Gasteiger partial charge in [0.25, 0.3) is 11.7 Å². The SMILES string of the molecule is CCN(CCNC(=O)c1nn[nH]n1)C1CC1. The van der Waals surface area contributed by atoms with E-state index in [1.807, 2.05) is 0 Å². The first-order valence-corrected chi connectivity index (χ1v) is 5.57. The Bertz CT molecular complexity index is 334. The number of hydrogen-bond acceptors (Lipinski definition) is 5. The van der Waals surface area contributed by atoms with Crippen molar-refractivity contribution in [3.8, 4) is 0 Å². The molecule has 16 heavy (non-hydrogen) atoms. The van der Waals surface area contributed by atoms with E-state index in [1.54, 1.807) is 0 Å². The van der Waals surface area contributed by atoms with Crippen LogP contribution < -0.4 is 5.32 Å². The lowest BCUT2D eigenvalue weighted by Crippen LogP contribution is -2.36. The van der Waals surface area contributed by atoms with E-state index >= 15 is 0 Å². The zero-order valence-electron chi connectivity index (χ0n) is 9.31. The summed E-state index contributed by atoms with van der Waals surface area (Å²) in [5.74, 6) is -0.185. The van der Waals surface area contributed by atoms with Crippen LogP contribution in [-0.4, -0.2) is 57.1 Å². The Morgan fingerprint density at radius 2 is 2.44 bits per heavy atom. The van der Waals surface area contributed by atoms with E-state index in [9.17, 15) is 4.79 Å². The Labute approximate surface area is 93.6 Å². The normalized spacial score (nSPS) is 15.4. The fourth-order valence-corrected chi connectivity index (χ4v) is 1.69. The summed E-state index contributed by atoms with van der Waals surface area (Å²) in [4.78, 5) is 13.8. The molecule has 0 spiro atoms. The molecule has 0 saturated heterocycles. The molecule has 0 aliphatic heterocycles. The van der Waals surface area contributed by atoms with Gasteiger partial charge in [0.2, 0.25) is 0 Å². The Kier molecular flexibility index (Phi) is 3.45. The molecule has 88 valence electrons. The number of tetrazole rings is 1. The average Bonchev–Trinajstić information content (AvgIpc) is 2.97. The van der Waals surface area contributed by atoms with Gasteiger partial charge >= 0.3 is 0 Å². The van der Waals surface area contributed by atoms with Gasteiger partial charge in [-0.25, -0.2) is 0 Å². The maximum Gasteiger partial charge on any atom is 0.292 e. The molecule has 1 aliphatic carbocycles. The third kappa shape index (κ3) is 2.75. The van der Waals surface area contributed by atoms with E-state index in [0.29, 0.717) is 6.54 Å². The van der Waals surface area contributed by atoms with E-state index in [4.69, 9.17) is 0 Å². The molecule has 1 saturated carbocycles. The summed E-state index contributed by atoms with van der Waals surface area (Å²) in [7, 11) is 0. The number of aromatic amines is 1. The van der Waals surface area contributed by atoms with Crippen LogP contribution >= 0.6 is 0 Å². The molecule has 2 N–H and O–H groups in total. The number of hydrogen-bond donors (Lipinski definition) is 2. The Morgan fingerprint density at radius 3 is 3.00 bits per heavy atom. The van der Waals surface area contributed by atoms with E-state index in [1.165, 1.54) is 12.8 Å². The van der Waals surface area contributed by atoms with E-state index in [-0.39, 0.29) is 11.7 Å². The van der Waals surface area contributed by atoms with E-state index < -0.39 is 0 Å². The fourth-order valence-electron chi connectivity index (χ4n) is 1.69. The first kappa shape index (κ1) is 11.0. The lowest BCUT2D eigenvalue weighted by atomic mass is 10.4. The lowest BCUT2D eigenvalue weighted by molar-refractivity contribution is 0.0937. The van der Waals surface area contributed by atoms with Crippen molar-refractivity contribution in [2.45, 2.75) is 25.8 Å². The standard InChI is InChI=1S/C9H16N6O/c1-2-15(7-3-4-7)6-5-10-9(16)8-11-13-14-12-8/h7H,2-6H2,1H3,(H,10,16)(H,11,12,13,14). The minimum atomic E-state index is -0.277. The maximum absolute atomic E-state index is 11.4. The van der Waals surface area contributed by atoms with Gasteiger partial charge in [0.15, 0.2) is 0 Å². The highest BCUT2D eigenvalue weighted by Gasteiger charge is 2.27. The van der Waals surface area contributed by atoms with Crippen LogP contribution in [0.2, 0.25) is 0 Å². The predicted octanol–water partition coefficient (Wildman–Crippen LogP) is -0.586. The molecule has 2 rings (SSSR count). The summed E-state index contributed by atoms with van der Waals surface area (Å²) in [5.41, 5.74) is 0. The summed E-state index contributed by atoms with van der Waals surface area (Å²) in [5, 5.41) is 15.6. The molecule has 1 amide bonds. The molecular formula is C9H16N6O. The van der Waals surface area contributed by atoms with Crippen molar-refractivity contribution >= 4 is 5.91 Å². The monoisotopic (exact) mass is 224 g/mol. The molecule has 7 heteroatoms. The van der Waals surface area contributed by atoms with Gasteiger partial charge in [-0.1, -0.05) is 6.92 Å². The van der Waals surface area contributed by atoms with Crippen LogP contribution in [0.25, 0.3) is 0 Å². The first-order valence-electron chi connectivity index (χ1n) is 5.57. The van der Waals surface area contributed by atoms with Gasteiger partial charge in [0.05, 0.1) is 0 Å². The molecule has 1 fully saturated rings. The Morgan fingerprint density at radius 1 is 1.62 bits per heavy atom. The van der Waals surface area contributed by atoms with Crippen LogP contribution in [0, 0.1) is 0 Å². The number of carbonyl (C=O) groups excluding carboxylic acids is 1. The number of amides is 1. The molecule has 1 aliphatic rings. The van der Waals surface area contributed by atoms with Gasteiger partial charge in [-0.2, -0.15) is 5.21 Å². The second-order valence-electron chi connectivity index (χ2n) is 3.85. The van der Waals surface area contributed by atoms with Gasteiger partial charge < -0.3 is 5.32 Å². The lowest BCUT2D eigenvalue weighted by Gasteiger charge is -2.19. The minimum Gasteiger partial charge on any atom is -0.348 e. The highest BCUT2D eigenvalue weighted by atomic mass is 16.2. The minimum absolute atomic E-state index is 0.0921. The number of H-pyrrole nitrogens is 1. The van der Waals surface area contributed by atoms with Crippen LogP contribution in [0.1, 0.15) is 30.4 Å². The Balaban J connectivity index is 1.69. The maximum atomic E-state index is 11.4. The summed E-state index contributed by atoms with van der Waals surface area (Å²) in [6, 6.07) is 0.729. The smallest absolute Gasteiger partial charge is 0.292 e. The van der Waals surface area contributed by atoms with Crippen LogP contribution in [0.4, 0.5) is 0 Å². The predicted molar refractivity (Wildman–Crippen MR) is 56.8 cm³/mol. The number of aromatic nitrogens is 4. The first-order chi connectivity index (χ1) is 7.81. The molecule has 1 heterocycles. The van der Waals surface area contributed by atoms with Crippen LogP contribution in [-0.2, 0) is 0 Å². The third-order valence-corrected chi connectivity index (χ3v) is 2.70. The highest BCUT2D eigenvalue weighted by molar-refractivity contribution is 5.89. The molecule has 0 radical (unpaired) electrons. The van der Waals surface area contributed by atoms with Crippen molar-refractivity contribution in [2.24, 2.45) is 0 Å². The number of rotatable bonds is 6. The molecule has 0 atom stereocenters. The molecule has 1 aromatic heterocycles. The summed E-state index contributed by atoms with van der Waals surface area (Å²) in [6.07, 6.45) is 2.57. The molecule has 1 aromatic rings. The number of likely N-dealkylation sites (N-methyl/N-ethyl adjacent to an activating group) is 1. The van der Waals surface area contributed by atoms with Gasteiger partial charge in [-0.15, -0.1) is 10.2 Å². The topological polar surface area (TPSA) is 86.8 Å². The second-order valence-corrected chi connectivity index (χ2v) is 3.85. The van der Waals surface area contributed by atoms with Gasteiger partial charge in [0.1, 0.15) is 0 Å². The molecule has 0 aromatic carbocycles. The van der Waals surface area contributed by atoms with Crippen molar-refractivity contribution in [3.05, 3.63) is 5.82 Å². The molecule has 7 nitrogen and oxygen atoms in total. The molecular weight excluding hydrogens is 208 g/mol. The molecule has 0 unspecified atom stereocenters. The third-order valence-electron chi connectivity index (χ3n) is 2.70. The Hall–Kier alpha value is -1.50. The summed E-state index contributed by atoms with van der Waals surface area (Å²) in [6.45, 7) is 4.67. The van der Waals surface area contributed by atoms with Crippen LogP contribution in [0.5, 0.6) is 0 Å². The van der Waals surface area contributed by atoms with Gasteiger partial charge in [-0.05, 0) is 24.6 Å². The quantitative estimate of drug-likeness (QED) is 0.674. The van der Waals surface area contributed by atoms with E-state index in [0.717, 1.165) is 19.1 Å². The summed E-state index contributed by atoms with van der Waals surface area (Å²) >= 11 is 0. The van der Waals surface area contributed by atoms with Gasteiger partial charge in [-0.3, -0.25) is 9.69 Å². The fraction of sp³-hybridized carbons (Fsp3) is 0.778. The van der Waals surface area contributed by atoms with E-state index in [2.05, 4.69) is 37.8 Å². The van der Waals surface area contributed by atoms with Crippen molar-refractivity contribution < 1.29 is 4.79 Å². The van der Waals surface area contributed by atoms with Crippen molar-refractivity contribution in [1.82, 2.24) is 30.8 Å². The number of nitrogens with one attached hydrogen (secondary N) is 2. The van der Waals surface area contributed by atoms with Crippen molar-refractivity contribution in [2.75, 3.05) is 19.6 Å². The molecule has 0 bridgehead atoms. The zero-order valence-corrected chi connectivity index (χ0v) is 9.31. The van der Waals surface area contributed by atoms with Crippen molar-refractivity contribution in [3.63, 3.8) is 0 Å². The van der Waals surface area contributed by atoms with Crippen molar-refractivity contribution in [1.29, 1.82) is 0 Å². The van der Waals surface area contributed by atoms with Gasteiger partial charge in [0, 0.05) is 19.1 Å². The average molecular weight is 224 g/mol. The highest BCUT2D eigenvalue weighted by Crippen LogP contribution is 2.25. The second kappa shape index (κ2) is 5.02. The summed E-state index contributed by atoms with van der Waals surface area (Å²) < 4.78 is 0. The number of nitrogens with zero attached hydrogens (tertiary/aromatic N) is 4. The number of carbonyl (C=O) groups is 1.